The number of halogens is 4. The van der Waals surface area contributed by atoms with Gasteiger partial charge in [0.25, 0.3) is 0 Å². The van der Waals surface area contributed by atoms with Crippen molar-refractivity contribution >= 4 is 11.6 Å². The van der Waals surface area contributed by atoms with Crippen LogP contribution in [0.5, 0.6) is 5.75 Å². The molecule has 0 fully saturated rings. The number of phenols is 1. The van der Waals surface area contributed by atoms with Gasteiger partial charge in [-0.25, -0.2) is 0 Å². The Hall–Kier alpha value is -0.900. The first-order valence-corrected chi connectivity index (χ1v) is 7.30. The fraction of sp³-hybridized carbons (Fsp3) is 0.600. The molecule has 0 saturated heterocycles. The van der Waals surface area contributed by atoms with Crippen molar-refractivity contribution in [3.05, 3.63) is 28.8 Å². The van der Waals surface area contributed by atoms with Gasteiger partial charge in [0.15, 0.2) is 0 Å². The summed E-state index contributed by atoms with van der Waals surface area (Å²) in [5.74, 6) is 0.0834. The van der Waals surface area contributed by atoms with Gasteiger partial charge in [0.2, 0.25) is 0 Å². The van der Waals surface area contributed by atoms with E-state index in [1.54, 1.807) is 12.1 Å². The third-order valence-corrected chi connectivity index (χ3v) is 3.49. The van der Waals surface area contributed by atoms with Gasteiger partial charge in [-0.05, 0) is 37.0 Å². The molecule has 1 rings (SSSR count). The first kappa shape index (κ1) is 17.2. The Kier molecular flexibility index (Phi) is 7.20. The van der Waals surface area contributed by atoms with Crippen molar-refractivity contribution in [1.82, 2.24) is 0 Å². The van der Waals surface area contributed by atoms with Crippen molar-refractivity contribution in [3.8, 4) is 5.75 Å². The van der Waals surface area contributed by atoms with E-state index in [-0.39, 0.29) is 12.2 Å². The molecule has 0 atom stereocenters. The molecule has 0 aromatic heterocycles. The molecule has 0 unspecified atom stereocenters. The van der Waals surface area contributed by atoms with Crippen molar-refractivity contribution in [1.29, 1.82) is 0 Å². The maximum Gasteiger partial charge on any atom is 0.389 e. The van der Waals surface area contributed by atoms with Crippen molar-refractivity contribution in [2.75, 3.05) is 0 Å². The number of aryl methyl sites for hydroxylation is 1. The van der Waals surface area contributed by atoms with E-state index < -0.39 is 12.6 Å². The topological polar surface area (TPSA) is 20.2 Å². The highest BCUT2D eigenvalue weighted by Crippen LogP contribution is 2.25. The summed E-state index contributed by atoms with van der Waals surface area (Å²) in [5, 5.41) is 9.64. The molecular formula is C15H20ClF3O. The zero-order valence-electron chi connectivity index (χ0n) is 11.3. The minimum Gasteiger partial charge on any atom is -0.506 e. The molecule has 0 bridgehead atoms. The SMILES string of the molecule is Oc1ccc(CCCCCCCCC(F)(F)F)cc1Cl. The van der Waals surface area contributed by atoms with E-state index in [0.717, 1.165) is 37.7 Å². The second-order valence-electron chi connectivity index (χ2n) is 5.02. The predicted molar refractivity (Wildman–Crippen MR) is 75.2 cm³/mol. The van der Waals surface area contributed by atoms with E-state index in [4.69, 9.17) is 11.6 Å². The molecular weight excluding hydrogens is 289 g/mol. The van der Waals surface area contributed by atoms with Crippen molar-refractivity contribution in [2.24, 2.45) is 0 Å². The van der Waals surface area contributed by atoms with Gasteiger partial charge >= 0.3 is 6.18 Å². The van der Waals surface area contributed by atoms with Gasteiger partial charge < -0.3 is 5.11 Å². The van der Waals surface area contributed by atoms with Gasteiger partial charge in [0.05, 0.1) is 5.02 Å². The van der Waals surface area contributed by atoms with E-state index in [1.807, 2.05) is 6.07 Å². The number of phenolic OH excluding ortho intramolecular Hbond substituents is 1. The predicted octanol–water partition coefficient (Wildman–Crippen LogP) is 5.88. The van der Waals surface area contributed by atoms with E-state index in [2.05, 4.69) is 0 Å². The fourth-order valence-electron chi connectivity index (χ4n) is 2.07. The minimum atomic E-state index is -4.02. The molecule has 0 amide bonds. The lowest BCUT2D eigenvalue weighted by molar-refractivity contribution is -0.135. The van der Waals surface area contributed by atoms with Gasteiger partial charge in [-0.2, -0.15) is 13.2 Å². The van der Waals surface area contributed by atoms with Crippen LogP contribution < -0.4 is 0 Å². The molecule has 0 aliphatic carbocycles. The molecule has 0 saturated carbocycles. The van der Waals surface area contributed by atoms with Crippen LogP contribution in [0.4, 0.5) is 13.2 Å². The summed E-state index contributed by atoms with van der Waals surface area (Å²) in [6, 6.07) is 5.17. The van der Waals surface area contributed by atoms with Crippen LogP contribution in [0, 0.1) is 0 Å². The molecule has 0 spiro atoms. The average Bonchev–Trinajstić information content (AvgIpc) is 2.35. The first-order chi connectivity index (χ1) is 9.38. The molecule has 0 heterocycles. The van der Waals surface area contributed by atoms with E-state index in [1.165, 1.54) is 0 Å². The van der Waals surface area contributed by atoms with Crippen molar-refractivity contribution < 1.29 is 18.3 Å². The Labute approximate surface area is 122 Å². The molecule has 114 valence electrons. The molecule has 1 aromatic carbocycles. The summed E-state index contributed by atoms with van der Waals surface area (Å²) in [4.78, 5) is 0. The Morgan fingerprint density at radius 3 is 2.15 bits per heavy atom. The third kappa shape index (κ3) is 7.63. The standard InChI is InChI=1S/C15H20ClF3O/c16-13-11-12(8-9-14(13)20)7-5-3-1-2-4-6-10-15(17,18)19/h8-9,11,20H,1-7,10H2. The zero-order chi connectivity index (χ0) is 15.0. The van der Waals surface area contributed by atoms with Gasteiger partial charge in [0, 0.05) is 6.42 Å². The lowest BCUT2D eigenvalue weighted by Gasteiger charge is -2.06. The molecule has 0 radical (unpaired) electrons. The second kappa shape index (κ2) is 8.40. The maximum absolute atomic E-state index is 11.9. The molecule has 5 heteroatoms. The molecule has 0 aliphatic rings. The van der Waals surface area contributed by atoms with Crippen molar-refractivity contribution in [3.63, 3.8) is 0 Å². The number of unbranched alkanes of at least 4 members (excludes halogenated alkanes) is 5. The zero-order valence-corrected chi connectivity index (χ0v) is 12.1. The normalized spacial score (nSPS) is 11.8. The number of hydrogen-bond acceptors (Lipinski definition) is 1. The number of hydrogen-bond donors (Lipinski definition) is 1. The molecule has 1 N–H and O–H groups in total. The maximum atomic E-state index is 11.9. The summed E-state index contributed by atoms with van der Waals surface area (Å²) < 4.78 is 35.7. The Morgan fingerprint density at radius 2 is 1.55 bits per heavy atom. The molecule has 1 nitrogen and oxygen atoms in total. The summed E-state index contributed by atoms with van der Waals surface area (Å²) in [6.45, 7) is 0. The number of aromatic hydroxyl groups is 1. The summed E-state index contributed by atoms with van der Waals surface area (Å²) in [6.07, 6.45) is 0.877. The van der Waals surface area contributed by atoms with E-state index in [9.17, 15) is 18.3 Å². The summed E-state index contributed by atoms with van der Waals surface area (Å²) in [7, 11) is 0. The molecule has 1 aromatic rings. The smallest absolute Gasteiger partial charge is 0.389 e. The Balaban J connectivity index is 2.03. The van der Waals surface area contributed by atoms with Crippen LogP contribution >= 0.6 is 11.6 Å². The van der Waals surface area contributed by atoms with Crippen LogP contribution in [0.1, 0.15) is 50.5 Å². The first-order valence-electron chi connectivity index (χ1n) is 6.92. The largest absolute Gasteiger partial charge is 0.506 e. The van der Waals surface area contributed by atoms with Crippen LogP contribution in [0.2, 0.25) is 5.02 Å². The lowest BCUT2D eigenvalue weighted by atomic mass is 10.0. The van der Waals surface area contributed by atoms with Crippen LogP contribution in [0.25, 0.3) is 0 Å². The highest BCUT2D eigenvalue weighted by molar-refractivity contribution is 6.32. The van der Waals surface area contributed by atoms with E-state index >= 15 is 0 Å². The minimum absolute atomic E-state index is 0.0834. The average molecular weight is 309 g/mol. The van der Waals surface area contributed by atoms with Gasteiger partial charge in [0.1, 0.15) is 5.75 Å². The second-order valence-corrected chi connectivity index (χ2v) is 5.43. The lowest BCUT2D eigenvalue weighted by Crippen LogP contribution is -2.06. The summed E-state index contributed by atoms with van der Waals surface area (Å²) in [5.41, 5.74) is 1.07. The van der Waals surface area contributed by atoms with Crippen molar-refractivity contribution in [2.45, 2.75) is 57.5 Å². The summed E-state index contributed by atoms with van der Waals surface area (Å²) >= 11 is 5.81. The fourth-order valence-corrected chi connectivity index (χ4v) is 2.27. The quantitative estimate of drug-likeness (QED) is 0.594. The van der Waals surface area contributed by atoms with Gasteiger partial charge in [-0.1, -0.05) is 43.4 Å². The Bertz CT molecular complexity index is 405. The number of benzene rings is 1. The Morgan fingerprint density at radius 1 is 0.950 bits per heavy atom. The highest BCUT2D eigenvalue weighted by Gasteiger charge is 2.25. The van der Waals surface area contributed by atoms with Crippen LogP contribution in [-0.4, -0.2) is 11.3 Å². The third-order valence-electron chi connectivity index (χ3n) is 3.19. The monoisotopic (exact) mass is 308 g/mol. The highest BCUT2D eigenvalue weighted by atomic mass is 35.5. The number of alkyl halides is 3. The molecule has 20 heavy (non-hydrogen) atoms. The number of rotatable bonds is 8. The van der Waals surface area contributed by atoms with E-state index in [0.29, 0.717) is 11.4 Å². The van der Waals surface area contributed by atoms with Crippen LogP contribution in [-0.2, 0) is 6.42 Å². The van der Waals surface area contributed by atoms with Crippen LogP contribution in [0.3, 0.4) is 0 Å². The van der Waals surface area contributed by atoms with Gasteiger partial charge in [-0.3, -0.25) is 0 Å². The van der Waals surface area contributed by atoms with Gasteiger partial charge in [-0.15, -0.1) is 0 Å². The van der Waals surface area contributed by atoms with Crippen LogP contribution in [0.15, 0.2) is 18.2 Å². The molecule has 0 aliphatic heterocycles.